The average Bonchev–Trinajstić information content (AvgIpc) is 3.40. The van der Waals surface area contributed by atoms with Crippen molar-refractivity contribution in [3.63, 3.8) is 0 Å². The second-order valence-corrected chi connectivity index (χ2v) is 6.61. The number of carbonyl (C=O) groups excluding carboxylic acids is 2. The maximum absolute atomic E-state index is 13.0. The zero-order valence-electron chi connectivity index (χ0n) is 13.9. The van der Waals surface area contributed by atoms with Crippen molar-refractivity contribution in [3.8, 4) is 0 Å². The summed E-state index contributed by atoms with van der Waals surface area (Å²) in [6.45, 7) is 0. The van der Waals surface area contributed by atoms with Gasteiger partial charge in [-0.1, -0.05) is 11.6 Å². The first-order valence-corrected chi connectivity index (χ1v) is 8.52. The van der Waals surface area contributed by atoms with Crippen LogP contribution in [0.3, 0.4) is 0 Å². The van der Waals surface area contributed by atoms with Crippen molar-refractivity contribution in [2.24, 2.45) is 0 Å². The van der Waals surface area contributed by atoms with Gasteiger partial charge in [-0.25, -0.2) is 0 Å². The summed E-state index contributed by atoms with van der Waals surface area (Å²) >= 11 is 6.03. The zero-order valence-corrected chi connectivity index (χ0v) is 14.7. The molecule has 2 N–H and O–H groups in total. The van der Waals surface area contributed by atoms with Crippen molar-refractivity contribution >= 4 is 29.1 Å². The molecule has 0 radical (unpaired) electrons. The second-order valence-electron chi connectivity index (χ2n) is 6.20. The van der Waals surface area contributed by atoms with Crippen molar-refractivity contribution in [2.45, 2.75) is 31.5 Å². The summed E-state index contributed by atoms with van der Waals surface area (Å²) in [5.41, 5.74) is -0.682. The van der Waals surface area contributed by atoms with Crippen molar-refractivity contribution in [2.75, 3.05) is 5.32 Å². The highest BCUT2D eigenvalue weighted by atomic mass is 35.5. The van der Waals surface area contributed by atoms with Gasteiger partial charge in [-0.05, 0) is 42.7 Å². The van der Waals surface area contributed by atoms with Crippen LogP contribution in [0.2, 0.25) is 5.02 Å². The van der Waals surface area contributed by atoms with Crippen LogP contribution >= 0.6 is 11.6 Å². The van der Waals surface area contributed by atoms with Gasteiger partial charge in [-0.15, -0.1) is 0 Å². The first-order valence-electron chi connectivity index (χ1n) is 8.14. The summed E-state index contributed by atoms with van der Waals surface area (Å²) in [6, 6.07) is 5.28. The van der Waals surface area contributed by atoms with Gasteiger partial charge in [0.15, 0.2) is 0 Å². The van der Waals surface area contributed by atoms with Gasteiger partial charge >= 0.3 is 6.18 Å². The Bertz CT molecular complexity index is 882. The monoisotopic (exact) mass is 397 g/mol. The second kappa shape index (κ2) is 7.56. The molecule has 3 rings (SSSR count). The molecule has 0 saturated heterocycles. The molecular weight excluding hydrogens is 383 g/mol. The topological polar surface area (TPSA) is 71.1 Å². The van der Waals surface area contributed by atoms with E-state index in [2.05, 4.69) is 15.6 Å². The van der Waals surface area contributed by atoms with E-state index >= 15 is 0 Å². The smallest absolute Gasteiger partial charge is 0.349 e. The van der Waals surface area contributed by atoms with Crippen LogP contribution in [-0.2, 0) is 17.4 Å². The maximum Gasteiger partial charge on any atom is 0.416 e. The predicted molar refractivity (Wildman–Crippen MR) is 93.5 cm³/mol. The van der Waals surface area contributed by atoms with Crippen LogP contribution in [0, 0.1) is 0 Å². The summed E-state index contributed by atoms with van der Waals surface area (Å²) in [5, 5.41) is 5.49. The van der Waals surface area contributed by atoms with E-state index in [1.807, 2.05) is 0 Å². The molecule has 5 nitrogen and oxygen atoms in total. The van der Waals surface area contributed by atoms with E-state index in [9.17, 15) is 22.8 Å². The van der Waals surface area contributed by atoms with E-state index in [4.69, 9.17) is 11.6 Å². The number of alkyl halides is 3. The van der Waals surface area contributed by atoms with Crippen LogP contribution < -0.4 is 10.6 Å². The Morgan fingerprint density at radius 1 is 1.22 bits per heavy atom. The zero-order chi connectivity index (χ0) is 19.6. The van der Waals surface area contributed by atoms with Gasteiger partial charge < -0.3 is 10.6 Å². The molecule has 27 heavy (non-hydrogen) atoms. The van der Waals surface area contributed by atoms with Crippen molar-refractivity contribution in [1.82, 2.24) is 10.3 Å². The molecule has 1 aliphatic carbocycles. The van der Waals surface area contributed by atoms with E-state index in [-0.39, 0.29) is 33.8 Å². The Hall–Kier alpha value is -2.61. The van der Waals surface area contributed by atoms with E-state index in [1.54, 1.807) is 0 Å². The summed E-state index contributed by atoms with van der Waals surface area (Å²) in [7, 11) is 0. The first kappa shape index (κ1) is 19.2. The molecule has 0 atom stereocenters. The van der Waals surface area contributed by atoms with Crippen LogP contribution in [0.25, 0.3) is 0 Å². The number of aromatic nitrogens is 1. The van der Waals surface area contributed by atoms with E-state index in [0.717, 1.165) is 31.3 Å². The van der Waals surface area contributed by atoms with Crippen molar-refractivity contribution < 1.29 is 22.8 Å². The largest absolute Gasteiger partial charge is 0.416 e. The highest BCUT2D eigenvalue weighted by Crippen LogP contribution is 2.31. The molecule has 2 aromatic rings. The molecule has 1 fully saturated rings. The van der Waals surface area contributed by atoms with Crippen LogP contribution in [0.4, 0.5) is 18.9 Å². The molecular formula is C18H15ClF3N3O2. The molecule has 1 saturated carbocycles. The van der Waals surface area contributed by atoms with Crippen molar-refractivity contribution in [1.29, 1.82) is 0 Å². The lowest BCUT2D eigenvalue weighted by molar-refractivity contribution is -0.138. The number of hydrogen-bond acceptors (Lipinski definition) is 3. The van der Waals surface area contributed by atoms with Gasteiger partial charge in [-0.3, -0.25) is 14.6 Å². The van der Waals surface area contributed by atoms with Crippen LogP contribution in [-0.4, -0.2) is 22.8 Å². The molecule has 1 aromatic heterocycles. The number of pyridine rings is 1. The number of rotatable bonds is 5. The fraction of sp³-hybridized carbons (Fsp3) is 0.278. The Balaban J connectivity index is 1.72. The Morgan fingerprint density at radius 2 is 1.96 bits per heavy atom. The molecule has 0 bridgehead atoms. The highest BCUT2D eigenvalue weighted by Gasteiger charge is 2.33. The fourth-order valence-electron chi connectivity index (χ4n) is 2.49. The lowest BCUT2D eigenvalue weighted by atomic mass is 10.1. The van der Waals surface area contributed by atoms with Crippen LogP contribution in [0.5, 0.6) is 0 Å². The third-order valence-electron chi connectivity index (χ3n) is 3.97. The van der Waals surface area contributed by atoms with Crippen LogP contribution in [0.15, 0.2) is 36.7 Å². The van der Waals surface area contributed by atoms with Gasteiger partial charge in [0.1, 0.15) is 0 Å². The third-order valence-corrected chi connectivity index (χ3v) is 4.30. The predicted octanol–water partition coefficient (Wildman–Crippen LogP) is 3.83. The lowest BCUT2D eigenvalue weighted by Gasteiger charge is -2.13. The van der Waals surface area contributed by atoms with Gasteiger partial charge in [0.05, 0.1) is 22.6 Å². The van der Waals surface area contributed by atoms with E-state index in [0.29, 0.717) is 0 Å². The molecule has 0 unspecified atom stereocenters. The number of amides is 2. The normalized spacial score (nSPS) is 13.9. The summed E-state index contributed by atoms with van der Waals surface area (Å²) < 4.78 is 39.0. The van der Waals surface area contributed by atoms with Crippen molar-refractivity contribution in [3.05, 3.63) is 58.4 Å². The average molecular weight is 398 g/mol. The number of nitrogens with one attached hydrogen (secondary N) is 2. The SMILES string of the molecule is O=C(Cc1cnccc1C(F)(F)F)Nc1ccc(Cl)c(C(=O)NC2CC2)c1. The molecule has 0 spiro atoms. The standard InChI is InChI=1S/C18H15ClF3N3O2/c19-15-4-3-12(8-13(15)17(27)25-11-1-2-11)24-16(26)7-10-9-23-6-5-14(10)18(20,21)22/h3-6,8-9,11H,1-2,7H2,(H,24,26)(H,25,27). The van der Waals surface area contributed by atoms with Gasteiger partial charge in [0, 0.05) is 24.1 Å². The first-order chi connectivity index (χ1) is 12.7. The van der Waals surface area contributed by atoms with Gasteiger partial charge in [0.25, 0.3) is 5.91 Å². The third kappa shape index (κ3) is 4.97. The number of anilines is 1. The molecule has 2 amide bonds. The Kier molecular flexibility index (Phi) is 5.36. The molecule has 142 valence electrons. The quantitative estimate of drug-likeness (QED) is 0.805. The molecule has 1 aromatic carbocycles. The fourth-order valence-corrected chi connectivity index (χ4v) is 2.69. The Morgan fingerprint density at radius 3 is 2.63 bits per heavy atom. The molecule has 9 heteroatoms. The number of nitrogens with zero attached hydrogens (tertiary/aromatic N) is 1. The highest BCUT2D eigenvalue weighted by molar-refractivity contribution is 6.34. The van der Waals surface area contributed by atoms with Gasteiger partial charge in [-0.2, -0.15) is 13.2 Å². The number of halogens is 4. The lowest BCUT2D eigenvalue weighted by Crippen LogP contribution is -2.26. The van der Waals surface area contributed by atoms with E-state index < -0.39 is 24.1 Å². The number of hydrogen-bond donors (Lipinski definition) is 2. The van der Waals surface area contributed by atoms with Crippen LogP contribution in [0.1, 0.15) is 34.3 Å². The summed E-state index contributed by atoms with van der Waals surface area (Å²) in [4.78, 5) is 28.0. The summed E-state index contributed by atoms with van der Waals surface area (Å²) in [5.74, 6) is -1.02. The molecule has 1 heterocycles. The minimum atomic E-state index is -4.58. The van der Waals surface area contributed by atoms with Gasteiger partial charge in [0.2, 0.25) is 5.91 Å². The number of benzene rings is 1. The molecule has 1 aliphatic rings. The summed E-state index contributed by atoms with van der Waals surface area (Å²) in [6.07, 6.45) is -1.23. The van der Waals surface area contributed by atoms with E-state index in [1.165, 1.54) is 18.2 Å². The molecule has 0 aliphatic heterocycles. The minimum Gasteiger partial charge on any atom is -0.349 e. The maximum atomic E-state index is 13.0. The Labute approximate surface area is 157 Å². The number of carbonyl (C=O) groups is 2. The minimum absolute atomic E-state index is 0.137.